The molecule has 0 aliphatic carbocycles. The van der Waals surface area contributed by atoms with Crippen LogP contribution in [-0.4, -0.2) is 4.98 Å². The van der Waals surface area contributed by atoms with E-state index in [1.165, 1.54) is 6.07 Å². The highest BCUT2D eigenvalue weighted by molar-refractivity contribution is 5.00. The Hall–Kier alpha value is -1.05. The summed E-state index contributed by atoms with van der Waals surface area (Å²) in [7, 11) is 0. The number of hydrogen-bond acceptors (Lipinski definition) is 1. The van der Waals surface area contributed by atoms with Crippen molar-refractivity contribution in [1.29, 1.82) is 0 Å². The van der Waals surface area contributed by atoms with Gasteiger partial charge in [-0.2, -0.15) is 0 Å². The van der Waals surface area contributed by atoms with Crippen molar-refractivity contribution in [2.45, 2.75) is 34.6 Å². The Labute approximate surface area is 74.6 Å². The van der Waals surface area contributed by atoms with E-state index in [9.17, 15) is 4.79 Å². The van der Waals surface area contributed by atoms with Gasteiger partial charge >= 0.3 is 0 Å². The molecule has 0 bridgehead atoms. The first-order valence-electron chi connectivity index (χ1n) is 4.44. The third kappa shape index (κ3) is 7.06. The van der Waals surface area contributed by atoms with Gasteiger partial charge in [0, 0.05) is 24.0 Å². The lowest BCUT2D eigenvalue weighted by Crippen LogP contribution is -1.96. The largest absolute Gasteiger partial charge is 0.365 e. The lowest BCUT2D eigenvalue weighted by molar-refractivity contribution is 1.18. The first kappa shape index (κ1) is 13.5. The minimum Gasteiger partial charge on any atom is -0.365 e. The fourth-order valence-corrected chi connectivity index (χ4v) is 0.558. The highest BCUT2D eigenvalue weighted by atomic mass is 16.1. The van der Waals surface area contributed by atoms with E-state index in [0.29, 0.717) is 0 Å². The standard InChI is InChI=1S/C6H7NO.2C2H6/c1-5-4-6(8)2-3-7-5;2*1-2/h2-4H,1H3,(H,7,8);2*1-2H3. The van der Waals surface area contributed by atoms with Crippen LogP contribution in [0.1, 0.15) is 33.4 Å². The molecule has 0 aliphatic rings. The maximum absolute atomic E-state index is 10.5. The van der Waals surface area contributed by atoms with E-state index in [4.69, 9.17) is 0 Å². The molecule has 0 unspecified atom stereocenters. The Bertz CT molecular complexity index is 227. The Morgan fingerprint density at radius 3 is 1.92 bits per heavy atom. The van der Waals surface area contributed by atoms with Gasteiger partial charge in [0.25, 0.3) is 0 Å². The SMILES string of the molecule is CC.CC.Cc1cc(=O)cc[nH]1. The molecule has 1 aromatic rings. The fourth-order valence-electron chi connectivity index (χ4n) is 0.558. The van der Waals surface area contributed by atoms with Crippen molar-refractivity contribution in [3.8, 4) is 0 Å². The molecule has 12 heavy (non-hydrogen) atoms. The van der Waals surface area contributed by atoms with Crippen LogP contribution in [-0.2, 0) is 0 Å². The first-order chi connectivity index (χ1) is 5.79. The second kappa shape index (κ2) is 9.95. The molecule has 1 N–H and O–H groups in total. The molecule has 0 fully saturated rings. The van der Waals surface area contributed by atoms with Crippen molar-refractivity contribution in [3.05, 3.63) is 34.2 Å². The zero-order valence-electron chi connectivity index (χ0n) is 8.64. The van der Waals surface area contributed by atoms with Gasteiger partial charge in [-0.1, -0.05) is 27.7 Å². The predicted molar refractivity (Wildman–Crippen MR) is 54.5 cm³/mol. The monoisotopic (exact) mass is 169 g/mol. The first-order valence-corrected chi connectivity index (χ1v) is 4.44. The van der Waals surface area contributed by atoms with Gasteiger partial charge in [-0.15, -0.1) is 0 Å². The van der Waals surface area contributed by atoms with E-state index in [2.05, 4.69) is 4.98 Å². The van der Waals surface area contributed by atoms with E-state index < -0.39 is 0 Å². The fraction of sp³-hybridized carbons (Fsp3) is 0.500. The molecule has 0 spiro atoms. The zero-order chi connectivity index (χ0) is 9.98. The number of H-pyrrole nitrogens is 1. The number of hydrogen-bond donors (Lipinski definition) is 1. The molecule has 1 rings (SSSR count). The molecule has 0 amide bonds. The molecule has 2 nitrogen and oxygen atoms in total. The maximum Gasteiger partial charge on any atom is 0.181 e. The molecule has 70 valence electrons. The molecule has 1 aromatic heterocycles. The smallest absolute Gasteiger partial charge is 0.181 e. The zero-order valence-corrected chi connectivity index (χ0v) is 8.64. The summed E-state index contributed by atoms with van der Waals surface area (Å²) in [6.45, 7) is 9.85. The molecule has 0 atom stereocenters. The second-order valence-corrected chi connectivity index (χ2v) is 1.71. The average Bonchev–Trinajstić information content (AvgIpc) is 2.11. The van der Waals surface area contributed by atoms with Gasteiger partial charge < -0.3 is 4.98 Å². The minimum absolute atomic E-state index is 0.0567. The van der Waals surface area contributed by atoms with Crippen molar-refractivity contribution < 1.29 is 0 Å². The molecule has 0 saturated heterocycles. The van der Waals surface area contributed by atoms with Gasteiger partial charge in [-0.05, 0) is 6.92 Å². The quantitative estimate of drug-likeness (QED) is 0.636. The number of aromatic amines is 1. The lowest BCUT2D eigenvalue weighted by atomic mass is 10.4. The van der Waals surface area contributed by atoms with Crippen molar-refractivity contribution in [2.24, 2.45) is 0 Å². The summed E-state index contributed by atoms with van der Waals surface area (Å²) < 4.78 is 0. The van der Waals surface area contributed by atoms with Crippen LogP contribution in [0.25, 0.3) is 0 Å². The third-order valence-corrected chi connectivity index (χ3v) is 0.917. The van der Waals surface area contributed by atoms with Gasteiger partial charge in [0.2, 0.25) is 0 Å². The number of aryl methyl sites for hydroxylation is 1. The molecule has 0 aromatic carbocycles. The number of aromatic nitrogens is 1. The summed E-state index contributed by atoms with van der Waals surface area (Å²) in [5.41, 5.74) is 0.957. The van der Waals surface area contributed by atoms with Crippen LogP contribution >= 0.6 is 0 Å². The van der Waals surface area contributed by atoms with Gasteiger partial charge in [-0.25, -0.2) is 0 Å². The lowest BCUT2D eigenvalue weighted by Gasteiger charge is -1.85. The van der Waals surface area contributed by atoms with Gasteiger partial charge in [0.15, 0.2) is 5.43 Å². The summed E-state index contributed by atoms with van der Waals surface area (Å²) in [5, 5.41) is 0. The summed E-state index contributed by atoms with van der Waals surface area (Å²) >= 11 is 0. The second-order valence-electron chi connectivity index (χ2n) is 1.71. The van der Waals surface area contributed by atoms with Crippen molar-refractivity contribution >= 4 is 0 Å². The topological polar surface area (TPSA) is 32.9 Å². The van der Waals surface area contributed by atoms with E-state index in [1.54, 1.807) is 12.3 Å². The Balaban J connectivity index is 0. The van der Waals surface area contributed by atoms with Crippen LogP contribution in [0.4, 0.5) is 0 Å². The van der Waals surface area contributed by atoms with Crippen molar-refractivity contribution in [2.75, 3.05) is 0 Å². The van der Waals surface area contributed by atoms with Crippen LogP contribution in [0.3, 0.4) is 0 Å². The Morgan fingerprint density at radius 1 is 1.17 bits per heavy atom. The Kier molecular flexibility index (Phi) is 11.2. The normalized spacial score (nSPS) is 7.08. The molecule has 1 heterocycles. The van der Waals surface area contributed by atoms with E-state index in [-0.39, 0.29) is 5.43 Å². The van der Waals surface area contributed by atoms with Crippen LogP contribution in [0.15, 0.2) is 23.1 Å². The molecular weight excluding hydrogens is 150 g/mol. The summed E-state index contributed by atoms with van der Waals surface area (Å²) in [6, 6.07) is 3.05. The summed E-state index contributed by atoms with van der Waals surface area (Å²) in [6.07, 6.45) is 1.64. The van der Waals surface area contributed by atoms with E-state index in [1.807, 2.05) is 34.6 Å². The van der Waals surface area contributed by atoms with Crippen molar-refractivity contribution in [1.82, 2.24) is 4.98 Å². The average molecular weight is 169 g/mol. The van der Waals surface area contributed by atoms with Crippen molar-refractivity contribution in [3.63, 3.8) is 0 Å². The summed E-state index contributed by atoms with van der Waals surface area (Å²) in [5.74, 6) is 0. The Morgan fingerprint density at radius 2 is 1.67 bits per heavy atom. The number of nitrogens with one attached hydrogen (secondary N) is 1. The van der Waals surface area contributed by atoms with Gasteiger partial charge in [0.1, 0.15) is 0 Å². The molecule has 0 radical (unpaired) electrons. The number of pyridine rings is 1. The molecular formula is C10H19NO. The molecule has 0 aliphatic heterocycles. The number of rotatable bonds is 0. The third-order valence-electron chi connectivity index (χ3n) is 0.917. The van der Waals surface area contributed by atoms with Crippen LogP contribution < -0.4 is 5.43 Å². The van der Waals surface area contributed by atoms with Crippen LogP contribution in [0, 0.1) is 6.92 Å². The maximum atomic E-state index is 10.5. The van der Waals surface area contributed by atoms with E-state index in [0.717, 1.165) is 5.69 Å². The van der Waals surface area contributed by atoms with Gasteiger partial charge in [0.05, 0.1) is 0 Å². The molecule has 0 saturated carbocycles. The molecule has 2 heteroatoms. The predicted octanol–water partition coefficient (Wildman–Crippen LogP) is 2.74. The minimum atomic E-state index is 0.0567. The van der Waals surface area contributed by atoms with E-state index >= 15 is 0 Å². The van der Waals surface area contributed by atoms with Crippen LogP contribution in [0.5, 0.6) is 0 Å². The highest BCUT2D eigenvalue weighted by Gasteiger charge is 1.80. The summed E-state index contributed by atoms with van der Waals surface area (Å²) in [4.78, 5) is 13.3. The highest BCUT2D eigenvalue weighted by Crippen LogP contribution is 1.79. The van der Waals surface area contributed by atoms with Crippen LogP contribution in [0.2, 0.25) is 0 Å². The van der Waals surface area contributed by atoms with Gasteiger partial charge in [-0.3, -0.25) is 4.79 Å².